The van der Waals surface area contributed by atoms with Gasteiger partial charge in [0.05, 0.1) is 0 Å². The van der Waals surface area contributed by atoms with Crippen LogP contribution in [0.2, 0.25) is 0 Å². The zero-order chi connectivity index (χ0) is 23.2. The van der Waals surface area contributed by atoms with Crippen LogP contribution in [0.1, 0.15) is 63.9 Å². The van der Waals surface area contributed by atoms with Crippen LogP contribution >= 0.6 is 0 Å². The molecule has 3 aromatic rings. The average Bonchev–Trinajstić information content (AvgIpc) is 3.21. The first kappa shape index (κ1) is 23.3. The van der Waals surface area contributed by atoms with E-state index >= 15 is 0 Å². The third-order valence-electron chi connectivity index (χ3n) is 6.99. The van der Waals surface area contributed by atoms with E-state index in [0.29, 0.717) is 17.1 Å². The fraction of sp³-hybridized carbons (Fsp3) is 0.577. The Balaban J connectivity index is 1.52. The smallest absolute Gasteiger partial charge is 0.329 e. The van der Waals surface area contributed by atoms with Gasteiger partial charge in [0.2, 0.25) is 5.95 Å². The summed E-state index contributed by atoms with van der Waals surface area (Å²) in [5.74, 6) is 1.50. The number of aromatic amines is 1. The molecule has 7 heteroatoms. The highest BCUT2D eigenvalue weighted by molar-refractivity contribution is 5.74. The molecule has 0 aliphatic carbocycles. The highest BCUT2D eigenvalue weighted by atomic mass is 16.2. The van der Waals surface area contributed by atoms with Crippen LogP contribution in [0.15, 0.2) is 39.9 Å². The van der Waals surface area contributed by atoms with E-state index < -0.39 is 5.69 Å². The molecule has 0 bridgehead atoms. The molecule has 0 amide bonds. The van der Waals surface area contributed by atoms with Gasteiger partial charge in [-0.1, -0.05) is 69.4 Å². The Morgan fingerprint density at radius 2 is 1.70 bits per heavy atom. The summed E-state index contributed by atoms with van der Waals surface area (Å²) in [5, 5.41) is 0. The molecule has 1 aromatic carbocycles. The molecule has 1 N–H and O–H groups in total. The number of unbranched alkanes of at least 4 members (excludes halogenated alkanes) is 5. The first-order chi connectivity index (χ1) is 16.1. The van der Waals surface area contributed by atoms with Crippen molar-refractivity contribution in [2.45, 2.75) is 71.3 Å². The van der Waals surface area contributed by atoms with Crippen molar-refractivity contribution < 1.29 is 0 Å². The van der Waals surface area contributed by atoms with Crippen molar-refractivity contribution in [3.05, 3.63) is 56.7 Å². The lowest BCUT2D eigenvalue weighted by Gasteiger charge is -2.33. The number of anilines is 1. The van der Waals surface area contributed by atoms with Gasteiger partial charge in [-0.3, -0.25) is 14.3 Å². The van der Waals surface area contributed by atoms with Gasteiger partial charge in [-0.2, -0.15) is 4.98 Å². The van der Waals surface area contributed by atoms with E-state index in [2.05, 4.69) is 51.7 Å². The molecule has 1 fully saturated rings. The van der Waals surface area contributed by atoms with Crippen molar-refractivity contribution in [2.75, 3.05) is 18.0 Å². The number of aryl methyl sites for hydroxylation is 2. The van der Waals surface area contributed by atoms with Crippen molar-refractivity contribution in [2.24, 2.45) is 13.0 Å². The van der Waals surface area contributed by atoms with Gasteiger partial charge in [0.15, 0.2) is 11.2 Å². The van der Waals surface area contributed by atoms with Gasteiger partial charge in [-0.15, -0.1) is 0 Å². The fourth-order valence-electron chi connectivity index (χ4n) is 5.01. The molecule has 3 heterocycles. The SMILES string of the molecule is CCCCCCCCn1c(N2CCC(Cc3ccccc3)CC2)nc2c1c(=O)[nH]c(=O)n2C. The maximum absolute atomic E-state index is 12.7. The Kier molecular flexibility index (Phi) is 7.68. The highest BCUT2D eigenvalue weighted by Crippen LogP contribution is 2.27. The molecule has 0 saturated carbocycles. The van der Waals surface area contributed by atoms with Gasteiger partial charge >= 0.3 is 5.69 Å². The van der Waals surface area contributed by atoms with E-state index in [1.807, 2.05) is 0 Å². The van der Waals surface area contributed by atoms with E-state index in [9.17, 15) is 9.59 Å². The van der Waals surface area contributed by atoms with Crippen LogP contribution in [0.25, 0.3) is 11.2 Å². The normalized spacial score (nSPS) is 14.9. The van der Waals surface area contributed by atoms with Crippen LogP contribution in [-0.4, -0.2) is 32.2 Å². The monoisotopic (exact) mass is 451 g/mol. The van der Waals surface area contributed by atoms with Crippen molar-refractivity contribution >= 4 is 17.1 Å². The number of nitrogens with zero attached hydrogens (tertiary/aromatic N) is 4. The summed E-state index contributed by atoms with van der Waals surface area (Å²) in [6.07, 6.45) is 10.5. The molecule has 1 saturated heterocycles. The third kappa shape index (κ3) is 5.40. The molecule has 0 radical (unpaired) electrons. The van der Waals surface area contributed by atoms with E-state index in [-0.39, 0.29) is 5.56 Å². The second-order valence-corrected chi connectivity index (χ2v) is 9.44. The Morgan fingerprint density at radius 1 is 1.00 bits per heavy atom. The number of H-pyrrole nitrogens is 1. The van der Waals surface area contributed by atoms with Crippen LogP contribution < -0.4 is 16.1 Å². The minimum Gasteiger partial charge on any atom is -0.342 e. The number of imidazole rings is 1. The molecular weight excluding hydrogens is 414 g/mol. The number of rotatable bonds is 10. The van der Waals surface area contributed by atoms with Crippen LogP contribution in [0.5, 0.6) is 0 Å². The third-order valence-corrected chi connectivity index (χ3v) is 6.99. The summed E-state index contributed by atoms with van der Waals surface area (Å²) in [4.78, 5) is 34.5. The Morgan fingerprint density at radius 3 is 2.42 bits per heavy atom. The molecule has 2 aromatic heterocycles. The minimum atomic E-state index is -0.412. The largest absolute Gasteiger partial charge is 0.342 e. The van der Waals surface area contributed by atoms with E-state index in [1.54, 1.807) is 7.05 Å². The molecule has 1 aliphatic rings. The van der Waals surface area contributed by atoms with Gasteiger partial charge < -0.3 is 9.47 Å². The fourth-order valence-corrected chi connectivity index (χ4v) is 5.01. The van der Waals surface area contributed by atoms with Crippen molar-refractivity contribution in [1.82, 2.24) is 19.1 Å². The van der Waals surface area contributed by atoms with Crippen molar-refractivity contribution in [1.29, 1.82) is 0 Å². The predicted octanol–water partition coefficient (Wildman–Crippen LogP) is 4.24. The first-order valence-corrected chi connectivity index (χ1v) is 12.6. The Labute approximate surface area is 195 Å². The van der Waals surface area contributed by atoms with Gasteiger partial charge in [0, 0.05) is 26.7 Å². The number of aromatic nitrogens is 4. The minimum absolute atomic E-state index is 0.336. The quantitative estimate of drug-likeness (QED) is 0.468. The zero-order valence-electron chi connectivity index (χ0n) is 20.1. The Hall–Kier alpha value is -2.83. The number of nitrogens with one attached hydrogen (secondary N) is 1. The van der Waals surface area contributed by atoms with E-state index in [1.165, 1.54) is 35.8 Å². The van der Waals surface area contributed by atoms with Crippen molar-refractivity contribution in [3.63, 3.8) is 0 Å². The number of fused-ring (bicyclic) bond motifs is 1. The molecule has 0 atom stereocenters. The topological polar surface area (TPSA) is 75.9 Å². The molecule has 7 nitrogen and oxygen atoms in total. The summed E-state index contributed by atoms with van der Waals surface area (Å²) in [6.45, 7) is 4.82. The van der Waals surface area contributed by atoms with Crippen LogP contribution in [0, 0.1) is 5.92 Å². The summed E-state index contributed by atoms with van der Waals surface area (Å²) in [5.41, 5.74) is 1.65. The summed E-state index contributed by atoms with van der Waals surface area (Å²) in [7, 11) is 1.68. The summed E-state index contributed by atoms with van der Waals surface area (Å²) >= 11 is 0. The zero-order valence-corrected chi connectivity index (χ0v) is 20.1. The van der Waals surface area contributed by atoms with E-state index in [0.717, 1.165) is 57.7 Å². The molecule has 0 unspecified atom stereocenters. The molecule has 1 aliphatic heterocycles. The summed E-state index contributed by atoms with van der Waals surface area (Å²) < 4.78 is 3.52. The van der Waals surface area contributed by atoms with Crippen LogP contribution in [-0.2, 0) is 20.0 Å². The maximum Gasteiger partial charge on any atom is 0.329 e. The molecule has 178 valence electrons. The van der Waals surface area contributed by atoms with Crippen LogP contribution in [0.4, 0.5) is 5.95 Å². The second-order valence-electron chi connectivity index (χ2n) is 9.44. The highest BCUT2D eigenvalue weighted by Gasteiger charge is 2.25. The number of hydrogen-bond donors (Lipinski definition) is 1. The van der Waals surface area contributed by atoms with Gasteiger partial charge in [-0.25, -0.2) is 4.79 Å². The number of piperidine rings is 1. The first-order valence-electron chi connectivity index (χ1n) is 12.6. The molecular formula is C26H37N5O2. The van der Waals surface area contributed by atoms with Gasteiger partial charge in [0.1, 0.15) is 0 Å². The lowest BCUT2D eigenvalue weighted by molar-refractivity contribution is 0.397. The lowest BCUT2D eigenvalue weighted by atomic mass is 9.90. The number of benzene rings is 1. The summed E-state index contributed by atoms with van der Waals surface area (Å²) in [6, 6.07) is 10.7. The standard InChI is InChI=1S/C26H37N5O2/c1-3-4-5-6-7-11-16-31-22-23(29(2)26(33)28-24(22)32)27-25(31)30-17-14-21(15-18-30)19-20-12-9-8-10-13-20/h8-10,12-13,21H,3-7,11,14-19H2,1-2H3,(H,28,32,33). The molecule has 4 rings (SSSR count). The van der Waals surface area contributed by atoms with Gasteiger partial charge in [0.25, 0.3) is 5.56 Å². The van der Waals surface area contributed by atoms with Gasteiger partial charge in [-0.05, 0) is 37.2 Å². The molecule has 0 spiro atoms. The second kappa shape index (κ2) is 10.9. The van der Waals surface area contributed by atoms with E-state index in [4.69, 9.17) is 4.98 Å². The maximum atomic E-state index is 12.7. The van der Waals surface area contributed by atoms with Crippen LogP contribution in [0.3, 0.4) is 0 Å². The predicted molar refractivity (Wildman–Crippen MR) is 134 cm³/mol. The number of hydrogen-bond acceptors (Lipinski definition) is 4. The van der Waals surface area contributed by atoms with Crippen molar-refractivity contribution in [3.8, 4) is 0 Å². The lowest BCUT2D eigenvalue weighted by Crippen LogP contribution is -2.36. The molecule has 33 heavy (non-hydrogen) atoms. The average molecular weight is 452 g/mol. The Bertz CT molecular complexity index is 1150.